The van der Waals surface area contributed by atoms with Gasteiger partial charge in [-0.15, -0.1) is 0 Å². The smallest absolute Gasteiger partial charge is 0.171 e. The number of rotatable bonds is 19. The Morgan fingerprint density at radius 1 is 0.250 bits per heavy atom. The summed E-state index contributed by atoms with van der Waals surface area (Å²) in [5.74, 6) is 0.554. The van der Waals surface area contributed by atoms with Gasteiger partial charge in [-0.2, -0.15) is 65.9 Å². The van der Waals surface area contributed by atoms with Crippen molar-refractivity contribution in [1.29, 1.82) is 0 Å². The third-order valence-electron chi connectivity index (χ3n) is 23.6. The fourth-order valence-corrected chi connectivity index (χ4v) is 11.0. The van der Waals surface area contributed by atoms with Gasteiger partial charge in [0.25, 0.3) is 0 Å². The summed E-state index contributed by atoms with van der Waals surface area (Å²) in [5, 5.41) is 0. The minimum Gasteiger partial charge on any atom is -0.171 e. The first-order chi connectivity index (χ1) is 45.2. The summed E-state index contributed by atoms with van der Waals surface area (Å²) in [6.45, 7) is 97.0. The summed E-state index contributed by atoms with van der Waals surface area (Å²) in [6.07, 6.45) is -8.69. The minimum atomic E-state index is -4.12. The van der Waals surface area contributed by atoms with Crippen molar-refractivity contribution >= 4 is 0 Å². The van der Waals surface area contributed by atoms with E-state index in [2.05, 4.69) is 194 Å². The highest BCUT2D eigenvalue weighted by molar-refractivity contribution is 4.90. The van der Waals surface area contributed by atoms with Crippen molar-refractivity contribution < 1.29 is 65.9 Å². The van der Waals surface area contributed by atoms with Crippen molar-refractivity contribution in [3.05, 3.63) is 0 Å². The maximum atomic E-state index is 12.8. The molecule has 0 spiro atoms. The van der Waals surface area contributed by atoms with Crippen LogP contribution in [0.3, 0.4) is 0 Å². The Hall–Kier alpha value is -1.05. The van der Waals surface area contributed by atoms with Crippen LogP contribution in [0, 0.1) is 112 Å². The fraction of sp³-hybridized carbons (Fsp3) is 1.00. The second-order valence-electron chi connectivity index (χ2n) is 39.9. The molecule has 0 rings (SSSR count). The molecule has 0 radical (unpaired) electrons. The van der Waals surface area contributed by atoms with Gasteiger partial charge < -0.3 is 0 Å². The van der Waals surface area contributed by atoms with Crippen molar-refractivity contribution in [2.45, 2.75) is 466 Å². The molecular weight excluding hydrogens is 1350 g/mol. The van der Waals surface area contributed by atoms with Gasteiger partial charge in [0.15, 0.2) is 0 Å². The van der Waals surface area contributed by atoms with Gasteiger partial charge in [0.1, 0.15) is 0 Å². The molecule has 0 aliphatic carbocycles. The monoisotopic (exact) mass is 1540 g/mol. The van der Waals surface area contributed by atoms with Crippen LogP contribution in [-0.4, -0.2) is 30.9 Å². The van der Waals surface area contributed by atoms with Crippen LogP contribution >= 0.6 is 0 Å². The maximum Gasteiger partial charge on any atom is 0.394 e. The van der Waals surface area contributed by atoms with Gasteiger partial charge in [-0.3, -0.25) is 0 Å². The number of halogens is 15. The summed E-state index contributed by atoms with van der Waals surface area (Å²) in [4.78, 5) is 0. The van der Waals surface area contributed by atoms with Gasteiger partial charge in [-0.05, 0) is 124 Å². The largest absolute Gasteiger partial charge is 0.394 e. The Bertz CT molecular complexity index is 1900. The summed E-state index contributed by atoms with van der Waals surface area (Å²) in [6, 6.07) is 0. The highest BCUT2D eigenvalue weighted by Gasteiger charge is 2.56. The van der Waals surface area contributed by atoms with Crippen molar-refractivity contribution in [3.63, 3.8) is 0 Å². The van der Waals surface area contributed by atoms with E-state index in [4.69, 9.17) is 0 Å². The van der Waals surface area contributed by atoms with Gasteiger partial charge in [0.2, 0.25) is 0 Å². The second kappa shape index (κ2) is 53.0. The van der Waals surface area contributed by atoms with Crippen LogP contribution in [0.4, 0.5) is 65.9 Å². The van der Waals surface area contributed by atoms with Crippen LogP contribution in [0.2, 0.25) is 0 Å². The maximum absolute atomic E-state index is 12.8. The van der Waals surface area contributed by atoms with Crippen molar-refractivity contribution in [2.24, 2.45) is 112 Å². The van der Waals surface area contributed by atoms with E-state index < -0.39 is 58.0 Å². The molecule has 0 bridgehead atoms. The highest BCUT2D eigenvalue weighted by Crippen LogP contribution is 2.52. The van der Waals surface area contributed by atoms with Gasteiger partial charge in [-0.1, -0.05) is 397 Å². The lowest BCUT2D eigenvalue weighted by Gasteiger charge is -2.41. The zero-order valence-electron chi connectivity index (χ0n) is 78.4. The zero-order valence-corrected chi connectivity index (χ0v) is 78.4. The van der Waals surface area contributed by atoms with Gasteiger partial charge in [0, 0.05) is 0 Å². The minimum absolute atomic E-state index is 0.0478. The molecule has 15 heteroatoms. The summed E-state index contributed by atoms with van der Waals surface area (Å²) in [7, 11) is 0. The van der Waals surface area contributed by atoms with Crippen LogP contribution in [0.25, 0.3) is 0 Å². The molecule has 0 amide bonds. The van der Waals surface area contributed by atoms with E-state index in [0.717, 1.165) is 11.8 Å². The van der Waals surface area contributed by atoms with Gasteiger partial charge in [0.05, 0.1) is 27.1 Å². The number of alkyl halides is 15. The Morgan fingerprint density at radius 2 is 0.500 bits per heavy atom. The fourth-order valence-electron chi connectivity index (χ4n) is 11.0. The predicted molar refractivity (Wildman–Crippen MR) is 435 cm³/mol. The molecule has 0 aromatic heterocycles. The van der Waals surface area contributed by atoms with E-state index in [1.807, 2.05) is 41.5 Å². The first-order valence-corrected chi connectivity index (χ1v) is 40.6. The molecule has 0 fully saturated rings. The Labute approximate surface area is 641 Å². The van der Waals surface area contributed by atoms with E-state index in [-0.39, 0.29) is 67.6 Å². The van der Waals surface area contributed by atoms with Crippen LogP contribution in [0.5, 0.6) is 0 Å². The molecule has 0 aliphatic heterocycles. The molecule has 0 N–H and O–H groups in total. The molecule has 4 atom stereocenters. The first-order valence-electron chi connectivity index (χ1n) is 40.6. The highest BCUT2D eigenvalue weighted by atomic mass is 19.4. The van der Waals surface area contributed by atoms with E-state index in [0.29, 0.717) is 57.2 Å². The summed E-state index contributed by atoms with van der Waals surface area (Å²) < 4.78 is 188. The molecule has 0 aliphatic rings. The molecule has 0 aromatic carbocycles. The van der Waals surface area contributed by atoms with Crippen molar-refractivity contribution in [3.8, 4) is 0 Å². The zero-order chi connectivity index (χ0) is 87.7. The lowest BCUT2D eigenvalue weighted by molar-refractivity contribution is -0.240. The van der Waals surface area contributed by atoms with Crippen LogP contribution < -0.4 is 0 Å². The van der Waals surface area contributed by atoms with Gasteiger partial charge in [-0.25, -0.2) is 0 Å². The van der Waals surface area contributed by atoms with Crippen molar-refractivity contribution in [2.75, 3.05) is 0 Å². The Morgan fingerprint density at radius 3 is 0.529 bits per heavy atom. The van der Waals surface area contributed by atoms with Crippen LogP contribution in [0.15, 0.2) is 0 Å². The molecule has 646 valence electrons. The predicted octanol–water partition coefficient (Wildman–Crippen LogP) is 37.3. The lowest BCUT2D eigenvalue weighted by atomic mass is 9.65. The average Bonchev–Trinajstić information content (AvgIpc) is 0.813. The number of hydrogen-bond acceptors (Lipinski definition) is 0. The molecule has 4 unspecified atom stereocenters. The first kappa shape index (κ1) is 127. The second-order valence-corrected chi connectivity index (χ2v) is 39.9. The molecule has 0 nitrogen and oxygen atoms in total. The molecule has 0 saturated carbocycles. The quantitative estimate of drug-likeness (QED) is 0.113. The SMILES string of the molecule is CC(C)(C)C.CC(C)C(C(C)C)C(C)(C)C(F)(F)F.CC(C)C(C)(C)C.CCC(C)(C(C)C)C(F)(F)F.CCC(C)(C)C.CCC(C)(CC)C(C)(C)C.CCC(C)(CC)C(F)(F)F.CCC(C)C(C)(CC)C(F)(F)F.CCC(CC)C(C)(C)C.CCC(CC)C(C)(CC)C(F)(F)F.CCCC(C)(C)C. The Kier molecular flexibility index (Phi) is 64.6. The van der Waals surface area contributed by atoms with Crippen molar-refractivity contribution in [1.82, 2.24) is 0 Å². The van der Waals surface area contributed by atoms with E-state index in [1.54, 1.807) is 62.3 Å². The van der Waals surface area contributed by atoms with E-state index in [1.165, 1.54) is 86.5 Å². The van der Waals surface area contributed by atoms with Crippen LogP contribution in [0.1, 0.15) is 436 Å². The normalized spacial score (nSPS) is 15.1. The molecule has 104 heavy (non-hydrogen) atoms. The lowest BCUT2D eigenvalue weighted by Crippen LogP contribution is -2.43. The van der Waals surface area contributed by atoms with E-state index in [9.17, 15) is 65.9 Å². The average molecular weight is 1540 g/mol. The molecule has 0 heterocycles. The number of hydrogen-bond donors (Lipinski definition) is 0. The third-order valence-corrected chi connectivity index (χ3v) is 23.6. The standard InChI is InChI=1S/C11H21F3.C10H19F3.C10H22.C9H17F3.C9H20.C8H15F3.C7H13F3.2C7H16.C6H14.C5H12/c1-7(2)9(8(3)4)10(5,6)11(12,13)14;1-5-8(6-2)9(4,7-3)10(11,12)13;1-7-10(6,8-2)9(3,4)5;1-5-7(3)8(4,6-2)9(10,11)12;1-6-8(7-2)9(3,4)5;1-5-7(4,6(2)3)8(9,10)11;1-4-6(3,5-2)7(8,9)10;1-6(2)7(3,4)5;1-5-6-7(2,3)4;1-5-6(2,3)4;1-5(2,3)4/h7-9H,1-6H3;8H,5-7H2,1-4H3;7-8H2,1-6H3;7H,5-6H2,1-4H3;8H,6-7H2,1-5H3;6H,5H2,1-4H3;4-5H2,1-3H3;6H,1-5H3;5-6H2,1-4H3;5H2,1-4H3;1-4H3. The molecule has 0 saturated heterocycles. The van der Waals surface area contributed by atoms with Crippen LogP contribution in [-0.2, 0) is 0 Å². The van der Waals surface area contributed by atoms with Gasteiger partial charge >= 0.3 is 30.9 Å². The Balaban J connectivity index is -0.000000103. The summed E-state index contributed by atoms with van der Waals surface area (Å²) >= 11 is 0. The topological polar surface area (TPSA) is 0 Å². The molecule has 0 aromatic rings. The molecular formula is C89H185F15. The summed E-state index contributed by atoms with van der Waals surface area (Å²) in [5.41, 5.74) is -4.03. The van der Waals surface area contributed by atoms with E-state index >= 15 is 0 Å². The third kappa shape index (κ3) is 55.4.